The molecule has 0 bridgehead atoms. The predicted octanol–water partition coefficient (Wildman–Crippen LogP) is 5.37. The van der Waals surface area contributed by atoms with E-state index in [2.05, 4.69) is 10.3 Å². The highest BCUT2D eigenvalue weighted by Gasteiger charge is 2.18. The van der Waals surface area contributed by atoms with Crippen LogP contribution in [0.4, 0.5) is 5.69 Å². The summed E-state index contributed by atoms with van der Waals surface area (Å²) in [6.45, 7) is -0.497. The summed E-state index contributed by atoms with van der Waals surface area (Å²) in [4.78, 5) is 30.1. The minimum atomic E-state index is -0.634. The quantitative estimate of drug-likeness (QED) is 0.361. The smallest absolute Gasteiger partial charge is 0.339 e. The second-order valence-electron chi connectivity index (χ2n) is 7.25. The molecule has 1 aromatic heterocycles. The van der Waals surface area contributed by atoms with E-state index in [4.69, 9.17) is 25.8 Å². The molecule has 34 heavy (non-hydrogen) atoms. The standard InChI is InChI=1S/C26H21ClN2O5/c1-32-23-14-24(33-2)22(13-19(23)27)29-25(30)15-34-26(31)18-12-21(16-8-4-3-5-9-16)28-20-11-7-6-10-17(18)20/h3-14H,15H2,1-2H3,(H,29,30). The van der Waals surface area contributed by atoms with Crippen molar-refractivity contribution in [2.75, 3.05) is 26.1 Å². The van der Waals surface area contributed by atoms with Crippen molar-refractivity contribution in [2.45, 2.75) is 0 Å². The number of ether oxygens (including phenoxy) is 3. The predicted molar refractivity (Wildman–Crippen MR) is 131 cm³/mol. The van der Waals surface area contributed by atoms with Crippen molar-refractivity contribution in [3.05, 3.63) is 83.4 Å². The average Bonchev–Trinajstić information content (AvgIpc) is 2.87. The molecule has 3 aromatic carbocycles. The third kappa shape index (κ3) is 4.94. The molecule has 0 saturated carbocycles. The van der Waals surface area contributed by atoms with Crippen LogP contribution >= 0.6 is 11.6 Å². The lowest BCUT2D eigenvalue weighted by Gasteiger charge is -2.13. The number of fused-ring (bicyclic) bond motifs is 1. The summed E-state index contributed by atoms with van der Waals surface area (Å²) in [6.07, 6.45) is 0. The van der Waals surface area contributed by atoms with Gasteiger partial charge in [-0.15, -0.1) is 0 Å². The SMILES string of the molecule is COc1cc(OC)c(NC(=O)COC(=O)c2cc(-c3ccccc3)nc3ccccc23)cc1Cl. The highest BCUT2D eigenvalue weighted by molar-refractivity contribution is 6.32. The molecule has 1 amide bonds. The maximum Gasteiger partial charge on any atom is 0.339 e. The van der Waals surface area contributed by atoms with Gasteiger partial charge in [0.1, 0.15) is 11.5 Å². The van der Waals surface area contributed by atoms with E-state index in [1.54, 1.807) is 18.2 Å². The van der Waals surface area contributed by atoms with Gasteiger partial charge in [0.2, 0.25) is 0 Å². The van der Waals surface area contributed by atoms with E-state index < -0.39 is 18.5 Å². The molecule has 7 nitrogen and oxygen atoms in total. The van der Waals surface area contributed by atoms with Gasteiger partial charge in [-0.25, -0.2) is 9.78 Å². The number of methoxy groups -OCH3 is 2. The van der Waals surface area contributed by atoms with Gasteiger partial charge < -0.3 is 19.5 Å². The van der Waals surface area contributed by atoms with E-state index in [9.17, 15) is 9.59 Å². The normalized spacial score (nSPS) is 10.6. The number of rotatable bonds is 7. The van der Waals surface area contributed by atoms with E-state index >= 15 is 0 Å². The molecule has 0 atom stereocenters. The van der Waals surface area contributed by atoms with Crippen molar-refractivity contribution in [1.29, 1.82) is 0 Å². The maximum atomic E-state index is 13.0. The van der Waals surface area contributed by atoms with Crippen molar-refractivity contribution in [2.24, 2.45) is 0 Å². The van der Waals surface area contributed by atoms with Gasteiger partial charge in [-0.2, -0.15) is 0 Å². The summed E-state index contributed by atoms with van der Waals surface area (Å²) >= 11 is 6.15. The molecule has 0 saturated heterocycles. The van der Waals surface area contributed by atoms with Crippen LogP contribution < -0.4 is 14.8 Å². The number of carbonyl (C=O) groups is 2. The van der Waals surface area contributed by atoms with Crippen LogP contribution in [-0.4, -0.2) is 37.7 Å². The first-order valence-electron chi connectivity index (χ1n) is 10.3. The van der Waals surface area contributed by atoms with Gasteiger partial charge in [-0.3, -0.25) is 4.79 Å². The second-order valence-corrected chi connectivity index (χ2v) is 7.66. The van der Waals surface area contributed by atoms with Gasteiger partial charge in [0.05, 0.1) is 41.7 Å². The number of nitrogens with zero attached hydrogens (tertiary/aromatic N) is 1. The molecule has 0 aliphatic heterocycles. The van der Waals surface area contributed by atoms with Crippen LogP contribution in [0.15, 0.2) is 72.8 Å². The molecule has 0 unspecified atom stereocenters. The summed E-state index contributed by atoms with van der Waals surface area (Å²) in [6, 6.07) is 21.5. The minimum Gasteiger partial charge on any atom is -0.495 e. The monoisotopic (exact) mass is 476 g/mol. The van der Waals surface area contributed by atoms with Crippen LogP contribution in [0.3, 0.4) is 0 Å². The number of nitrogens with one attached hydrogen (secondary N) is 1. The first-order chi connectivity index (χ1) is 16.5. The average molecular weight is 477 g/mol. The summed E-state index contributed by atoms with van der Waals surface area (Å²) < 4.78 is 15.8. The first kappa shape index (κ1) is 23.1. The Morgan fingerprint density at radius 3 is 2.35 bits per heavy atom. The molecule has 4 aromatic rings. The fourth-order valence-corrected chi connectivity index (χ4v) is 3.69. The third-order valence-electron chi connectivity index (χ3n) is 5.09. The van der Waals surface area contributed by atoms with Crippen molar-refractivity contribution in [3.8, 4) is 22.8 Å². The molecule has 0 fully saturated rings. The third-order valence-corrected chi connectivity index (χ3v) is 5.38. The minimum absolute atomic E-state index is 0.298. The van der Waals surface area contributed by atoms with Crippen LogP contribution in [0.5, 0.6) is 11.5 Å². The van der Waals surface area contributed by atoms with Crippen LogP contribution in [-0.2, 0) is 9.53 Å². The Labute approximate surface area is 201 Å². The first-order valence-corrected chi connectivity index (χ1v) is 10.7. The van der Waals surface area contributed by atoms with Gasteiger partial charge in [0.25, 0.3) is 5.91 Å². The fourth-order valence-electron chi connectivity index (χ4n) is 3.45. The van der Waals surface area contributed by atoms with Crippen molar-refractivity contribution in [3.63, 3.8) is 0 Å². The zero-order chi connectivity index (χ0) is 24.1. The lowest BCUT2D eigenvalue weighted by atomic mass is 10.0. The Morgan fingerprint density at radius 2 is 1.62 bits per heavy atom. The molecule has 1 heterocycles. The van der Waals surface area contributed by atoms with Crippen molar-refractivity contribution >= 4 is 40.1 Å². The van der Waals surface area contributed by atoms with E-state index in [-0.39, 0.29) is 0 Å². The van der Waals surface area contributed by atoms with E-state index in [0.717, 1.165) is 5.56 Å². The molecule has 172 valence electrons. The summed E-state index contributed by atoms with van der Waals surface area (Å²) in [5.41, 5.74) is 2.80. The maximum absolute atomic E-state index is 13.0. The number of amides is 1. The fraction of sp³-hybridized carbons (Fsp3) is 0.115. The Bertz CT molecular complexity index is 1360. The highest BCUT2D eigenvalue weighted by Crippen LogP contribution is 2.35. The molecular formula is C26H21ClN2O5. The zero-order valence-corrected chi connectivity index (χ0v) is 19.3. The number of hydrogen-bond donors (Lipinski definition) is 1. The molecule has 8 heteroatoms. The van der Waals surface area contributed by atoms with Crippen LogP contribution in [0, 0.1) is 0 Å². The number of carbonyl (C=O) groups excluding carboxylic acids is 2. The summed E-state index contributed by atoms with van der Waals surface area (Å²) in [5, 5.41) is 3.58. The molecule has 4 rings (SSSR count). The molecule has 0 radical (unpaired) electrons. The van der Waals surface area contributed by atoms with Crippen LogP contribution in [0.25, 0.3) is 22.2 Å². The summed E-state index contributed by atoms with van der Waals surface area (Å²) in [7, 11) is 2.93. The number of pyridine rings is 1. The molecule has 1 N–H and O–H groups in total. The van der Waals surface area contributed by atoms with Gasteiger partial charge in [-0.05, 0) is 18.2 Å². The Balaban J connectivity index is 1.54. The van der Waals surface area contributed by atoms with E-state index in [1.165, 1.54) is 20.3 Å². The number of esters is 1. The van der Waals surface area contributed by atoms with Crippen molar-refractivity contribution < 1.29 is 23.8 Å². The van der Waals surface area contributed by atoms with Crippen molar-refractivity contribution in [1.82, 2.24) is 4.98 Å². The van der Waals surface area contributed by atoms with Crippen LogP contribution in [0.1, 0.15) is 10.4 Å². The number of hydrogen-bond acceptors (Lipinski definition) is 6. The topological polar surface area (TPSA) is 86.8 Å². The molecular weight excluding hydrogens is 456 g/mol. The van der Waals surface area contributed by atoms with E-state index in [0.29, 0.717) is 44.4 Å². The molecule has 0 aliphatic carbocycles. The lowest BCUT2D eigenvalue weighted by Crippen LogP contribution is -2.21. The van der Waals surface area contributed by atoms with Gasteiger partial charge in [0.15, 0.2) is 6.61 Å². The summed E-state index contributed by atoms with van der Waals surface area (Å²) in [5.74, 6) is -0.421. The van der Waals surface area contributed by atoms with Gasteiger partial charge >= 0.3 is 5.97 Å². The Kier molecular flexibility index (Phi) is 6.94. The lowest BCUT2D eigenvalue weighted by molar-refractivity contribution is -0.119. The molecule has 0 aliphatic rings. The van der Waals surface area contributed by atoms with Crippen LogP contribution in [0.2, 0.25) is 5.02 Å². The number of para-hydroxylation sites is 1. The van der Waals surface area contributed by atoms with Gasteiger partial charge in [-0.1, -0.05) is 60.1 Å². The largest absolute Gasteiger partial charge is 0.495 e. The number of benzene rings is 3. The number of aromatic nitrogens is 1. The Hall–Kier alpha value is -4.10. The highest BCUT2D eigenvalue weighted by atomic mass is 35.5. The van der Waals surface area contributed by atoms with E-state index in [1.807, 2.05) is 48.5 Å². The Morgan fingerprint density at radius 1 is 0.912 bits per heavy atom. The number of halogens is 1. The second kappa shape index (κ2) is 10.2. The zero-order valence-electron chi connectivity index (χ0n) is 18.5. The number of anilines is 1. The molecule has 0 spiro atoms. The van der Waals surface area contributed by atoms with Gasteiger partial charge in [0, 0.05) is 17.0 Å².